The second-order valence-corrected chi connectivity index (χ2v) is 3.45. The summed E-state index contributed by atoms with van der Waals surface area (Å²) in [5, 5.41) is 6.67. The van der Waals surface area contributed by atoms with Crippen molar-refractivity contribution in [2.24, 2.45) is 0 Å². The second kappa shape index (κ2) is 3.13. The summed E-state index contributed by atoms with van der Waals surface area (Å²) in [4.78, 5) is 0. The lowest BCUT2D eigenvalue weighted by molar-refractivity contribution is 1.03. The fourth-order valence-electron chi connectivity index (χ4n) is 1.51. The Kier molecular flexibility index (Phi) is 1.97. The molecule has 2 nitrogen and oxygen atoms in total. The van der Waals surface area contributed by atoms with E-state index in [9.17, 15) is 0 Å². The first kappa shape index (κ1) is 8.17. The molecule has 2 rings (SSSR count). The highest BCUT2D eigenvalue weighted by molar-refractivity contribution is 5.72. The highest BCUT2D eigenvalue weighted by atomic mass is 15.0. The van der Waals surface area contributed by atoms with Gasteiger partial charge in [-0.1, -0.05) is 12.6 Å². The maximum absolute atomic E-state index is 3.94. The van der Waals surface area contributed by atoms with Crippen LogP contribution in [0.15, 0.2) is 30.5 Å². The summed E-state index contributed by atoms with van der Waals surface area (Å²) in [5.41, 5.74) is 4.67. The Morgan fingerprint density at radius 1 is 1.31 bits per heavy atom. The van der Waals surface area contributed by atoms with Gasteiger partial charge in [0.25, 0.3) is 0 Å². The summed E-state index contributed by atoms with van der Waals surface area (Å²) in [7, 11) is 0. The Balaban J connectivity index is 2.40. The molecule has 0 aliphatic carbocycles. The van der Waals surface area contributed by atoms with Crippen LogP contribution >= 0.6 is 0 Å². The molecule has 2 N–H and O–H groups in total. The van der Waals surface area contributed by atoms with E-state index in [1.807, 2.05) is 0 Å². The molecule has 0 bridgehead atoms. The van der Waals surface area contributed by atoms with Crippen molar-refractivity contribution in [2.45, 2.75) is 13.3 Å². The zero-order valence-electron chi connectivity index (χ0n) is 7.85. The molecule has 1 aromatic carbocycles. The normalized spacial score (nSPS) is 15.3. The van der Waals surface area contributed by atoms with E-state index in [0.29, 0.717) is 0 Å². The first-order valence-electron chi connectivity index (χ1n) is 4.55. The van der Waals surface area contributed by atoms with Gasteiger partial charge in [-0.25, -0.2) is 0 Å². The van der Waals surface area contributed by atoms with E-state index in [-0.39, 0.29) is 0 Å². The van der Waals surface area contributed by atoms with Crippen molar-refractivity contribution < 1.29 is 0 Å². The number of hydrogen-bond acceptors (Lipinski definition) is 2. The molecule has 68 valence electrons. The molecule has 0 saturated heterocycles. The molecule has 0 radical (unpaired) electrons. The van der Waals surface area contributed by atoms with Gasteiger partial charge in [0, 0.05) is 18.7 Å². The minimum absolute atomic E-state index is 0.961. The summed E-state index contributed by atoms with van der Waals surface area (Å²) in [6.45, 7) is 7.00. The molecule has 0 amide bonds. The molecule has 0 fully saturated rings. The fraction of sp³-hybridized carbons (Fsp3) is 0.273. The quantitative estimate of drug-likeness (QED) is 0.632. The molecule has 13 heavy (non-hydrogen) atoms. The summed E-state index contributed by atoms with van der Waals surface area (Å²) in [6.07, 6.45) is 0.980. The van der Waals surface area contributed by atoms with Crippen LogP contribution in [0, 0.1) is 6.92 Å². The Morgan fingerprint density at radius 3 is 3.00 bits per heavy atom. The molecule has 0 unspecified atom stereocenters. The van der Waals surface area contributed by atoms with Gasteiger partial charge in [0.2, 0.25) is 0 Å². The standard InChI is InChI=1S/C11H14N2/c1-8-3-4-10-11(7-8)12-6-5-9(2)13-10/h3-4,7,12-13H,2,5-6H2,1H3. The number of hydrogen-bond donors (Lipinski definition) is 2. The van der Waals surface area contributed by atoms with Gasteiger partial charge >= 0.3 is 0 Å². The third-order valence-electron chi connectivity index (χ3n) is 2.23. The first-order chi connectivity index (χ1) is 6.25. The van der Waals surface area contributed by atoms with Crippen LogP contribution in [-0.2, 0) is 0 Å². The van der Waals surface area contributed by atoms with Gasteiger partial charge in [0.1, 0.15) is 0 Å². The molecule has 1 aromatic rings. The Labute approximate surface area is 78.7 Å². The number of rotatable bonds is 0. The maximum atomic E-state index is 3.94. The van der Waals surface area contributed by atoms with Gasteiger partial charge < -0.3 is 10.6 Å². The van der Waals surface area contributed by atoms with E-state index in [1.165, 1.54) is 11.3 Å². The number of nitrogens with one attached hydrogen (secondary N) is 2. The van der Waals surface area contributed by atoms with Crippen LogP contribution < -0.4 is 10.6 Å². The summed E-state index contributed by atoms with van der Waals surface area (Å²) in [5.74, 6) is 0. The average molecular weight is 174 g/mol. The SMILES string of the molecule is C=C1CCNc2cc(C)ccc2N1. The predicted molar refractivity (Wildman–Crippen MR) is 57.0 cm³/mol. The molecule has 0 atom stereocenters. The van der Waals surface area contributed by atoms with Crippen LogP contribution in [0.4, 0.5) is 11.4 Å². The summed E-state index contributed by atoms with van der Waals surface area (Å²) in [6, 6.07) is 6.35. The minimum atomic E-state index is 0.961. The average Bonchev–Trinajstić information content (AvgIpc) is 2.25. The molecular formula is C11H14N2. The van der Waals surface area contributed by atoms with Crippen molar-refractivity contribution >= 4 is 11.4 Å². The van der Waals surface area contributed by atoms with Gasteiger partial charge in [-0.05, 0) is 24.6 Å². The van der Waals surface area contributed by atoms with E-state index in [1.54, 1.807) is 0 Å². The highest BCUT2D eigenvalue weighted by Crippen LogP contribution is 2.26. The van der Waals surface area contributed by atoms with Gasteiger partial charge in [0.15, 0.2) is 0 Å². The van der Waals surface area contributed by atoms with Crippen LogP contribution in [0.5, 0.6) is 0 Å². The molecule has 0 spiro atoms. The molecule has 0 aromatic heterocycles. The monoisotopic (exact) mass is 174 g/mol. The number of anilines is 2. The number of benzene rings is 1. The van der Waals surface area contributed by atoms with Gasteiger partial charge in [-0.15, -0.1) is 0 Å². The van der Waals surface area contributed by atoms with Crippen LogP contribution in [0.2, 0.25) is 0 Å². The van der Waals surface area contributed by atoms with Gasteiger partial charge in [0.05, 0.1) is 11.4 Å². The van der Waals surface area contributed by atoms with Gasteiger partial charge in [-0.2, -0.15) is 0 Å². The van der Waals surface area contributed by atoms with Crippen molar-refractivity contribution in [3.8, 4) is 0 Å². The van der Waals surface area contributed by atoms with E-state index in [4.69, 9.17) is 0 Å². The third-order valence-corrected chi connectivity index (χ3v) is 2.23. The number of aryl methyl sites for hydroxylation is 1. The largest absolute Gasteiger partial charge is 0.383 e. The fourth-order valence-corrected chi connectivity index (χ4v) is 1.51. The molecule has 1 heterocycles. The van der Waals surface area contributed by atoms with Crippen molar-refractivity contribution in [1.82, 2.24) is 0 Å². The lowest BCUT2D eigenvalue weighted by atomic mass is 10.2. The third kappa shape index (κ3) is 1.66. The first-order valence-corrected chi connectivity index (χ1v) is 4.55. The zero-order chi connectivity index (χ0) is 9.26. The summed E-state index contributed by atoms with van der Waals surface area (Å²) < 4.78 is 0. The van der Waals surface area contributed by atoms with Crippen LogP contribution in [0.1, 0.15) is 12.0 Å². The molecule has 0 saturated carbocycles. The molecule has 1 aliphatic heterocycles. The predicted octanol–water partition coefficient (Wildman–Crippen LogP) is 2.74. The van der Waals surface area contributed by atoms with Gasteiger partial charge in [-0.3, -0.25) is 0 Å². The van der Waals surface area contributed by atoms with E-state index < -0.39 is 0 Å². The molecule has 2 heteroatoms. The lowest BCUT2D eigenvalue weighted by Crippen LogP contribution is -1.99. The second-order valence-electron chi connectivity index (χ2n) is 3.45. The highest BCUT2D eigenvalue weighted by Gasteiger charge is 2.07. The van der Waals surface area contributed by atoms with Crippen molar-refractivity contribution in [3.63, 3.8) is 0 Å². The lowest BCUT2D eigenvalue weighted by Gasteiger charge is -2.08. The van der Waals surface area contributed by atoms with Crippen molar-refractivity contribution in [2.75, 3.05) is 17.2 Å². The van der Waals surface area contributed by atoms with Crippen molar-refractivity contribution in [1.29, 1.82) is 0 Å². The summed E-state index contributed by atoms with van der Waals surface area (Å²) >= 11 is 0. The Bertz CT molecular complexity index is 342. The Hall–Kier alpha value is -1.44. The van der Waals surface area contributed by atoms with Crippen LogP contribution in [0.25, 0.3) is 0 Å². The van der Waals surface area contributed by atoms with E-state index in [0.717, 1.165) is 24.4 Å². The topological polar surface area (TPSA) is 24.1 Å². The smallest absolute Gasteiger partial charge is 0.0617 e. The van der Waals surface area contributed by atoms with E-state index >= 15 is 0 Å². The van der Waals surface area contributed by atoms with Crippen LogP contribution in [0.3, 0.4) is 0 Å². The van der Waals surface area contributed by atoms with Crippen molar-refractivity contribution in [3.05, 3.63) is 36.0 Å². The molecular weight excluding hydrogens is 160 g/mol. The Morgan fingerprint density at radius 2 is 2.15 bits per heavy atom. The molecule has 1 aliphatic rings. The van der Waals surface area contributed by atoms with E-state index in [2.05, 4.69) is 42.3 Å². The number of fused-ring (bicyclic) bond motifs is 1. The zero-order valence-corrected chi connectivity index (χ0v) is 7.85. The minimum Gasteiger partial charge on any atom is -0.383 e. The maximum Gasteiger partial charge on any atom is 0.0617 e. The van der Waals surface area contributed by atoms with Crippen LogP contribution in [-0.4, -0.2) is 6.54 Å².